The monoisotopic (exact) mass is 471 g/mol. The summed E-state index contributed by atoms with van der Waals surface area (Å²) < 4.78 is 29.3. The van der Waals surface area contributed by atoms with Crippen LogP contribution in [0.3, 0.4) is 0 Å². The van der Waals surface area contributed by atoms with E-state index in [0.717, 1.165) is 5.56 Å². The van der Waals surface area contributed by atoms with Gasteiger partial charge in [-0.1, -0.05) is 29.8 Å². The maximum absolute atomic E-state index is 13.5. The smallest absolute Gasteiger partial charge is 0.256 e. The Morgan fingerprint density at radius 1 is 0.970 bits per heavy atom. The first kappa shape index (κ1) is 23.4. The number of benzene rings is 2. The van der Waals surface area contributed by atoms with Crippen molar-refractivity contribution in [3.05, 3.63) is 59.2 Å². The number of Topliss-reactive ketones (excluding diaryl/α,β-unsaturated/α-hetero) is 1. The highest BCUT2D eigenvalue weighted by Gasteiger charge is 2.30. The molecule has 2 heterocycles. The minimum Gasteiger partial charge on any atom is -0.378 e. The van der Waals surface area contributed by atoms with Crippen molar-refractivity contribution in [1.29, 1.82) is 0 Å². The molecule has 0 saturated carbocycles. The van der Waals surface area contributed by atoms with Crippen LogP contribution in [-0.4, -0.2) is 64.4 Å². The maximum Gasteiger partial charge on any atom is 0.256 e. The van der Waals surface area contributed by atoms with Crippen LogP contribution in [0.4, 0.5) is 5.69 Å². The van der Waals surface area contributed by atoms with Gasteiger partial charge in [0.15, 0.2) is 5.78 Å². The molecular formula is C24H29N3O5S. The average molecular weight is 472 g/mol. The number of sulfonamides is 1. The van der Waals surface area contributed by atoms with E-state index >= 15 is 0 Å². The molecular weight excluding hydrogens is 442 g/mol. The van der Waals surface area contributed by atoms with Crippen LogP contribution in [0.1, 0.15) is 39.1 Å². The molecule has 0 aromatic heterocycles. The van der Waals surface area contributed by atoms with E-state index in [2.05, 4.69) is 0 Å². The number of ether oxygens (including phenoxy) is 1. The largest absolute Gasteiger partial charge is 0.378 e. The number of primary sulfonamides is 1. The zero-order valence-corrected chi connectivity index (χ0v) is 19.5. The van der Waals surface area contributed by atoms with Gasteiger partial charge in [-0.15, -0.1) is 0 Å². The molecule has 2 saturated heterocycles. The van der Waals surface area contributed by atoms with Gasteiger partial charge in [-0.3, -0.25) is 9.59 Å². The predicted octanol–water partition coefficient (Wildman–Crippen LogP) is 2.21. The van der Waals surface area contributed by atoms with Crippen molar-refractivity contribution >= 4 is 27.4 Å². The fourth-order valence-corrected chi connectivity index (χ4v) is 4.95. The Labute approximate surface area is 194 Å². The molecule has 0 unspecified atom stereocenters. The molecule has 0 aliphatic carbocycles. The molecule has 2 aliphatic rings. The van der Waals surface area contributed by atoms with Gasteiger partial charge < -0.3 is 14.5 Å². The van der Waals surface area contributed by atoms with Gasteiger partial charge in [0.25, 0.3) is 5.91 Å². The molecule has 9 heteroatoms. The van der Waals surface area contributed by atoms with E-state index in [1.165, 1.54) is 12.1 Å². The quantitative estimate of drug-likeness (QED) is 0.670. The number of hydrogen-bond donors (Lipinski definition) is 1. The number of amides is 1. The molecule has 2 aromatic carbocycles. The van der Waals surface area contributed by atoms with Gasteiger partial charge in [-0.25, -0.2) is 13.6 Å². The zero-order valence-electron chi connectivity index (χ0n) is 18.7. The molecule has 2 fully saturated rings. The van der Waals surface area contributed by atoms with Crippen molar-refractivity contribution in [1.82, 2.24) is 4.90 Å². The van der Waals surface area contributed by atoms with Crippen molar-refractivity contribution in [3.8, 4) is 0 Å². The number of carbonyl (C=O) groups is 2. The lowest BCUT2D eigenvalue weighted by atomic mass is 9.88. The fraction of sp³-hybridized carbons (Fsp3) is 0.417. The Balaban J connectivity index is 1.52. The van der Waals surface area contributed by atoms with Crippen LogP contribution in [0.15, 0.2) is 47.4 Å². The van der Waals surface area contributed by atoms with E-state index in [1.54, 1.807) is 11.0 Å². The minimum absolute atomic E-state index is 0.0905. The first-order chi connectivity index (χ1) is 15.7. The number of rotatable bonds is 5. The van der Waals surface area contributed by atoms with Crippen molar-refractivity contribution in [2.45, 2.75) is 24.7 Å². The second-order valence-electron chi connectivity index (χ2n) is 8.62. The summed E-state index contributed by atoms with van der Waals surface area (Å²) in [6.45, 7) is 5.15. The van der Waals surface area contributed by atoms with E-state index < -0.39 is 10.0 Å². The number of ketones is 1. The molecule has 33 heavy (non-hydrogen) atoms. The summed E-state index contributed by atoms with van der Waals surface area (Å²) in [7, 11) is -3.95. The summed E-state index contributed by atoms with van der Waals surface area (Å²) in [6.07, 6.45) is 1.14. The van der Waals surface area contributed by atoms with Gasteiger partial charge >= 0.3 is 0 Å². The topological polar surface area (TPSA) is 110 Å². The van der Waals surface area contributed by atoms with Gasteiger partial charge in [0.2, 0.25) is 10.0 Å². The second-order valence-corrected chi connectivity index (χ2v) is 10.2. The molecule has 1 amide bonds. The Kier molecular flexibility index (Phi) is 6.83. The summed E-state index contributed by atoms with van der Waals surface area (Å²) in [4.78, 5) is 30.0. The van der Waals surface area contributed by atoms with Crippen LogP contribution in [0.2, 0.25) is 0 Å². The summed E-state index contributed by atoms with van der Waals surface area (Å²) in [5.41, 5.74) is 2.78. The van der Waals surface area contributed by atoms with Crippen molar-refractivity contribution in [2.24, 2.45) is 11.1 Å². The molecule has 4 rings (SSSR count). The van der Waals surface area contributed by atoms with E-state index in [0.29, 0.717) is 69.0 Å². The van der Waals surface area contributed by atoms with E-state index in [-0.39, 0.29) is 22.5 Å². The highest BCUT2D eigenvalue weighted by molar-refractivity contribution is 7.89. The molecule has 0 radical (unpaired) electrons. The number of nitrogens with zero attached hydrogens (tertiary/aromatic N) is 2. The summed E-state index contributed by atoms with van der Waals surface area (Å²) >= 11 is 0. The number of nitrogens with two attached hydrogens (primary N) is 1. The lowest BCUT2D eigenvalue weighted by Gasteiger charge is -2.34. The van der Waals surface area contributed by atoms with Crippen molar-refractivity contribution in [3.63, 3.8) is 0 Å². The van der Waals surface area contributed by atoms with Gasteiger partial charge in [0.05, 0.1) is 23.7 Å². The Morgan fingerprint density at radius 2 is 1.61 bits per heavy atom. The average Bonchev–Trinajstić information content (AvgIpc) is 2.83. The van der Waals surface area contributed by atoms with Crippen LogP contribution in [0.5, 0.6) is 0 Å². The van der Waals surface area contributed by atoms with Crippen molar-refractivity contribution < 1.29 is 22.7 Å². The number of anilines is 1. The lowest BCUT2D eigenvalue weighted by molar-refractivity contribution is 0.0650. The third-order valence-electron chi connectivity index (χ3n) is 6.37. The second kappa shape index (κ2) is 9.62. The van der Waals surface area contributed by atoms with E-state index in [1.807, 2.05) is 36.1 Å². The van der Waals surface area contributed by atoms with Gasteiger partial charge in [-0.05, 0) is 38.0 Å². The summed E-state index contributed by atoms with van der Waals surface area (Å²) in [5.74, 6) is -0.276. The molecule has 176 valence electrons. The number of morpholine rings is 1. The number of piperidine rings is 1. The lowest BCUT2D eigenvalue weighted by Crippen LogP contribution is -2.42. The number of hydrogen-bond acceptors (Lipinski definition) is 6. The number of likely N-dealkylation sites (tertiary alicyclic amines) is 1. The highest BCUT2D eigenvalue weighted by Crippen LogP contribution is 2.29. The maximum atomic E-state index is 13.5. The van der Waals surface area contributed by atoms with Crippen LogP contribution in [-0.2, 0) is 14.8 Å². The number of carbonyl (C=O) groups excluding carboxylic acids is 2. The standard InChI is InChI=1S/C24H29N3O5S/c1-17-2-4-18(5-3-17)23(28)19-8-10-27(11-9-19)24(29)21-16-20(33(25,30)31)6-7-22(21)26-12-14-32-15-13-26/h2-7,16,19H,8-15H2,1H3,(H2,25,30,31). The predicted molar refractivity (Wildman–Crippen MR) is 125 cm³/mol. The van der Waals surface area contributed by atoms with E-state index in [9.17, 15) is 18.0 Å². The molecule has 0 bridgehead atoms. The van der Waals surface area contributed by atoms with Gasteiger partial charge in [-0.2, -0.15) is 0 Å². The molecule has 8 nitrogen and oxygen atoms in total. The Morgan fingerprint density at radius 3 is 2.21 bits per heavy atom. The number of aryl methyl sites for hydroxylation is 1. The van der Waals surface area contributed by atoms with Crippen molar-refractivity contribution in [2.75, 3.05) is 44.3 Å². The SMILES string of the molecule is Cc1ccc(C(=O)C2CCN(C(=O)c3cc(S(N)(=O)=O)ccc3N3CCOCC3)CC2)cc1. The third kappa shape index (κ3) is 5.26. The van der Waals surface area contributed by atoms with Gasteiger partial charge in [0.1, 0.15) is 0 Å². The van der Waals surface area contributed by atoms with Crippen LogP contribution in [0, 0.1) is 12.8 Å². The van der Waals surface area contributed by atoms with Gasteiger partial charge in [0, 0.05) is 43.3 Å². The Bertz CT molecular complexity index is 1130. The molecule has 0 spiro atoms. The third-order valence-corrected chi connectivity index (χ3v) is 7.28. The Hall–Kier alpha value is -2.75. The van der Waals surface area contributed by atoms with Crippen LogP contribution < -0.4 is 10.0 Å². The molecule has 2 aliphatic heterocycles. The van der Waals surface area contributed by atoms with Crippen LogP contribution in [0.25, 0.3) is 0 Å². The first-order valence-electron chi connectivity index (χ1n) is 11.1. The normalized spacial score (nSPS) is 17.8. The summed E-state index contributed by atoms with van der Waals surface area (Å²) in [5, 5.41) is 5.33. The van der Waals surface area contributed by atoms with E-state index in [4.69, 9.17) is 9.88 Å². The highest BCUT2D eigenvalue weighted by atomic mass is 32.2. The minimum atomic E-state index is -3.95. The zero-order chi connectivity index (χ0) is 23.6. The van der Waals surface area contributed by atoms with Crippen LogP contribution >= 0.6 is 0 Å². The summed E-state index contributed by atoms with van der Waals surface area (Å²) in [6, 6.07) is 12.0. The molecule has 0 atom stereocenters. The fourth-order valence-electron chi connectivity index (χ4n) is 4.41. The molecule has 2 N–H and O–H groups in total. The molecule has 2 aromatic rings. The first-order valence-corrected chi connectivity index (χ1v) is 12.7.